The van der Waals surface area contributed by atoms with E-state index >= 15 is 0 Å². The molecule has 76 valence electrons. The minimum absolute atomic E-state index is 0.0624. The second-order valence-corrected chi connectivity index (χ2v) is 3.89. The molecule has 14 heavy (non-hydrogen) atoms. The van der Waals surface area contributed by atoms with Gasteiger partial charge in [-0.05, 0) is 14.1 Å². The van der Waals surface area contributed by atoms with Gasteiger partial charge in [-0.25, -0.2) is 0 Å². The van der Waals surface area contributed by atoms with Crippen LogP contribution in [-0.4, -0.2) is 31.3 Å². The van der Waals surface area contributed by atoms with Crippen LogP contribution < -0.4 is 0 Å². The number of hydrogen-bond donors (Lipinski definition) is 0. The number of hydrogen-bond acceptors (Lipinski definition) is 2. The Bertz CT molecular complexity index is 292. The van der Waals surface area contributed by atoms with Gasteiger partial charge in [0.15, 0.2) is 5.78 Å². The highest BCUT2D eigenvalue weighted by atomic mass is 16.1. The number of nitrogens with zero attached hydrogens (tertiary/aromatic N) is 1. The van der Waals surface area contributed by atoms with Crippen molar-refractivity contribution >= 4 is 5.78 Å². The third-order valence-corrected chi connectivity index (χ3v) is 2.14. The number of Topliss-reactive ketones (excluding diaryl/α,β-unsaturated/α-hetero) is 1. The average Bonchev–Trinajstić information content (AvgIpc) is 2.17. The van der Waals surface area contributed by atoms with E-state index in [1.54, 1.807) is 0 Å². The number of benzene rings is 1. The van der Waals surface area contributed by atoms with Gasteiger partial charge in [0, 0.05) is 18.0 Å². The molecule has 0 amide bonds. The molecule has 0 spiro atoms. The van der Waals surface area contributed by atoms with Crippen LogP contribution in [0.25, 0.3) is 0 Å². The number of rotatable bonds is 4. The molecule has 0 aliphatic heterocycles. The van der Waals surface area contributed by atoms with Crippen molar-refractivity contribution in [2.45, 2.75) is 6.92 Å². The Morgan fingerprint density at radius 1 is 1.29 bits per heavy atom. The van der Waals surface area contributed by atoms with E-state index in [0.717, 1.165) is 12.1 Å². The first kappa shape index (κ1) is 10.9. The van der Waals surface area contributed by atoms with Crippen LogP contribution in [0, 0.1) is 5.92 Å². The standard InChI is InChI=1S/C12H17NO/c1-10(9-13(2)3)12(14)11-7-5-4-6-8-11/h4-8,10H,9H2,1-3H3/t10-/m0/s1. The topological polar surface area (TPSA) is 20.3 Å². The molecule has 0 fully saturated rings. The molecule has 0 bridgehead atoms. The van der Waals surface area contributed by atoms with Gasteiger partial charge in [-0.15, -0.1) is 0 Å². The molecule has 1 atom stereocenters. The Hall–Kier alpha value is -1.15. The summed E-state index contributed by atoms with van der Waals surface area (Å²) in [4.78, 5) is 13.9. The number of carbonyl (C=O) groups excluding carboxylic acids is 1. The quantitative estimate of drug-likeness (QED) is 0.679. The molecular weight excluding hydrogens is 174 g/mol. The van der Waals surface area contributed by atoms with Crippen molar-refractivity contribution in [1.29, 1.82) is 0 Å². The highest BCUT2D eigenvalue weighted by Gasteiger charge is 2.14. The van der Waals surface area contributed by atoms with Crippen LogP contribution in [-0.2, 0) is 0 Å². The molecule has 0 saturated heterocycles. The average molecular weight is 191 g/mol. The van der Waals surface area contributed by atoms with Crippen molar-refractivity contribution in [1.82, 2.24) is 4.90 Å². The van der Waals surface area contributed by atoms with Gasteiger partial charge < -0.3 is 4.90 Å². The summed E-state index contributed by atoms with van der Waals surface area (Å²) in [6.45, 7) is 2.77. The molecule has 2 heteroatoms. The maximum Gasteiger partial charge on any atom is 0.166 e. The van der Waals surface area contributed by atoms with E-state index in [9.17, 15) is 4.79 Å². The van der Waals surface area contributed by atoms with Crippen molar-refractivity contribution in [2.24, 2.45) is 5.92 Å². The second-order valence-electron chi connectivity index (χ2n) is 3.89. The Morgan fingerprint density at radius 3 is 2.36 bits per heavy atom. The molecule has 0 unspecified atom stereocenters. The first-order valence-corrected chi connectivity index (χ1v) is 4.85. The summed E-state index contributed by atoms with van der Waals surface area (Å²) >= 11 is 0. The maximum absolute atomic E-state index is 11.9. The zero-order chi connectivity index (χ0) is 10.6. The van der Waals surface area contributed by atoms with Crippen LogP contribution >= 0.6 is 0 Å². The van der Waals surface area contributed by atoms with Crippen LogP contribution in [0.3, 0.4) is 0 Å². The Kier molecular flexibility index (Phi) is 3.84. The van der Waals surface area contributed by atoms with Crippen LogP contribution in [0.1, 0.15) is 17.3 Å². The summed E-state index contributed by atoms with van der Waals surface area (Å²) in [6, 6.07) is 9.46. The van der Waals surface area contributed by atoms with Crippen molar-refractivity contribution in [3.8, 4) is 0 Å². The fraction of sp³-hybridized carbons (Fsp3) is 0.417. The van der Waals surface area contributed by atoms with Crippen LogP contribution in [0.2, 0.25) is 0 Å². The van der Waals surface area contributed by atoms with Crippen molar-refractivity contribution in [3.63, 3.8) is 0 Å². The van der Waals surface area contributed by atoms with Crippen LogP contribution in [0.4, 0.5) is 0 Å². The highest BCUT2D eigenvalue weighted by Crippen LogP contribution is 2.08. The monoisotopic (exact) mass is 191 g/mol. The first-order valence-electron chi connectivity index (χ1n) is 4.85. The third kappa shape index (κ3) is 2.96. The molecule has 0 saturated carbocycles. The molecule has 0 aliphatic carbocycles. The van der Waals surface area contributed by atoms with Gasteiger partial charge in [-0.3, -0.25) is 4.79 Å². The van der Waals surface area contributed by atoms with E-state index in [4.69, 9.17) is 0 Å². The van der Waals surface area contributed by atoms with E-state index in [1.165, 1.54) is 0 Å². The zero-order valence-electron chi connectivity index (χ0n) is 9.03. The molecule has 0 radical (unpaired) electrons. The van der Waals surface area contributed by atoms with Crippen molar-refractivity contribution in [2.75, 3.05) is 20.6 Å². The predicted molar refractivity (Wildman–Crippen MR) is 58.5 cm³/mol. The SMILES string of the molecule is C[C@@H](CN(C)C)C(=O)c1ccccc1. The third-order valence-electron chi connectivity index (χ3n) is 2.14. The fourth-order valence-corrected chi connectivity index (χ4v) is 1.52. The number of carbonyl (C=O) groups is 1. The van der Waals surface area contributed by atoms with Crippen molar-refractivity contribution in [3.05, 3.63) is 35.9 Å². The van der Waals surface area contributed by atoms with Crippen molar-refractivity contribution < 1.29 is 4.79 Å². The van der Waals surface area contributed by atoms with Crippen LogP contribution in [0.5, 0.6) is 0 Å². The molecule has 0 heterocycles. The summed E-state index contributed by atoms with van der Waals surface area (Å²) in [7, 11) is 3.96. The van der Waals surface area contributed by atoms with Gasteiger partial charge in [-0.2, -0.15) is 0 Å². The lowest BCUT2D eigenvalue weighted by molar-refractivity contribution is 0.0910. The molecule has 1 aromatic carbocycles. The van der Waals surface area contributed by atoms with Gasteiger partial charge in [0.1, 0.15) is 0 Å². The van der Waals surface area contributed by atoms with E-state index in [2.05, 4.69) is 0 Å². The maximum atomic E-state index is 11.9. The second kappa shape index (κ2) is 4.91. The molecule has 2 nitrogen and oxygen atoms in total. The summed E-state index contributed by atoms with van der Waals surface area (Å²) in [6.07, 6.45) is 0. The zero-order valence-corrected chi connectivity index (χ0v) is 9.03. The normalized spacial score (nSPS) is 12.9. The molecule has 0 N–H and O–H groups in total. The lowest BCUT2D eigenvalue weighted by atomic mass is 9.99. The molecule has 0 aromatic heterocycles. The fourth-order valence-electron chi connectivity index (χ4n) is 1.52. The summed E-state index contributed by atoms with van der Waals surface area (Å²) in [5.74, 6) is 0.284. The smallest absolute Gasteiger partial charge is 0.166 e. The Balaban J connectivity index is 2.66. The minimum Gasteiger partial charge on any atom is -0.309 e. The number of ketones is 1. The summed E-state index contributed by atoms with van der Waals surface area (Å²) in [5.41, 5.74) is 0.807. The van der Waals surface area contributed by atoms with E-state index in [1.807, 2.05) is 56.3 Å². The molecule has 0 aliphatic rings. The van der Waals surface area contributed by atoms with Gasteiger partial charge in [-0.1, -0.05) is 37.3 Å². The van der Waals surface area contributed by atoms with Gasteiger partial charge in [0.25, 0.3) is 0 Å². The van der Waals surface area contributed by atoms with E-state index in [-0.39, 0.29) is 11.7 Å². The Labute approximate surface area is 85.5 Å². The van der Waals surface area contributed by atoms with E-state index in [0.29, 0.717) is 0 Å². The highest BCUT2D eigenvalue weighted by molar-refractivity contribution is 5.97. The Morgan fingerprint density at radius 2 is 1.86 bits per heavy atom. The molecular formula is C12H17NO. The summed E-state index contributed by atoms with van der Waals surface area (Å²) < 4.78 is 0. The summed E-state index contributed by atoms with van der Waals surface area (Å²) in [5, 5.41) is 0. The molecule has 1 rings (SSSR count). The predicted octanol–water partition coefficient (Wildman–Crippen LogP) is 2.07. The van der Waals surface area contributed by atoms with Gasteiger partial charge in [0.05, 0.1) is 0 Å². The first-order chi connectivity index (χ1) is 6.61. The minimum atomic E-state index is 0.0624. The van der Waals surface area contributed by atoms with E-state index < -0.39 is 0 Å². The van der Waals surface area contributed by atoms with Gasteiger partial charge in [0.2, 0.25) is 0 Å². The molecule has 1 aromatic rings. The van der Waals surface area contributed by atoms with Gasteiger partial charge >= 0.3 is 0 Å². The largest absolute Gasteiger partial charge is 0.309 e. The lowest BCUT2D eigenvalue weighted by Gasteiger charge is -2.15. The lowest BCUT2D eigenvalue weighted by Crippen LogP contribution is -2.25. The van der Waals surface area contributed by atoms with Crippen LogP contribution in [0.15, 0.2) is 30.3 Å².